The van der Waals surface area contributed by atoms with Gasteiger partial charge in [0, 0.05) is 5.69 Å². The fourth-order valence-corrected chi connectivity index (χ4v) is 2.43. The summed E-state index contributed by atoms with van der Waals surface area (Å²) in [6.07, 6.45) is -1.36. The van der Waals surface area contributed by atoms with Crippen molar-refractivity contribution < 1.29 is 18.3 Å². The lowest BCUT2D eigenvalue weighted by molar-refractivity contribution is -0.137. The van der Waals surface area contributed by atoms with Crippen LogP contribution >= 0.6 is 0 Å². The Bertz CT molecular complexity index is 445. The fourth-order valence-electron chi connectivity index (χ4n) is 2.43. The molecule has 0 unspecified atom stereocenters. The van der Waals surface area contributed by atoms with Gasteiger partial charge in [0.25, 0.3) is 0 Å². The first-order chi connectivity index (χ1) is 8.88. The second-order valence-corrected chi connectivity index (χ2v) is 5.13. The molecule has 1 aliphatic rings. The summed E-state index contributed by atoms with van der Waals surface area (Å²) >= 11 is 0. The lowest BCUT2D eigenvalue weighted by Gasteiger charge is -2.30. The van der Waals surface area contributed by atoms with Gasteiger partial charge in [-0.25, -0.2) is 0 Å². The highest BCUT2D eigenvalue weighted by Gasteiger charge is 2.31. The largest absolute Gasteiger partial charge is 0.416 e. The van der Waals surface area contributed by atoms with Crippen molar-refractivity contribution in [1.82, 2.24) is 0 Å². The van der Waals surface area contributed by atoms with E-state index in [0.29, 0.717) is 12.1 Å². The van der Waals surface area contributed by atoms with E-state index in [9.17, 15) is 18.3 Å². The van der Waals surface area contributed by atoms with Gasteiger partial charge >= 0.3 is 6.18 Å². The predicted molar refractivity (Wildman–Crippen MR) is 68.1 cm³/mol. The number of alkyl halides is 3. The van der Waals surface area contributed by atoms with Crippen LogP contribution in [0, 0.1) is 6.92 Å². The molecule has 0 saturated heterocycles. The molecule has 0 spiro atoms. The number of halogens is 3. The molecule has 1 saturated carbocycles. The Balaban J connectivity index is 2.19. The van der Waals surface area contributed by atoms with Crippen molar-refractivity contribution in [3.05, 3.63) is 29.3 Å². The van der Waals surface area contributed by atoms with E-state index in [1.54, 1.807) is 6.92 Å². The molecule has 5 heteroatoms. The Kier molecular flexibility index (Phi) is 4.04. The minimum atomic E-state index is -4.34. The quantitative estimate of drug-likeness (QED) is 0.860. The fraction of sp³-hybridized carbons (Fsp3) is 0.571. The molecule has 1 fully saturated rings. The van der Waals surface area contributed by atoms with Gasteiger partial charge in [-0.1, -0.05) is 18.9 Å². The summed E-state index contributed by atoms with van der Waals surface area (Å²) in [5.41, 5.74) is 0.553. The maximum Gasteiger partial charge on any atom is 0.416 e. The summed E-state index contributed by atoms with van der Waals surface area (Å²) in [5.74, 6) is 0. The Morgan fingerprint density at radius 1 is 1.21 bits per heavy atom. The van der Waals surface area contributed by atoms with Crippen LogP contribution < -0.4 is 5.32 Å². The van der Waals surface area contributed by atoms with E-state index >= 15 is 0 Å². The number of anilines is 1. The Labute approximate surface area is 110 Å². The van der Waals surface area contributed by atoms with Gasteiger partial charge in [-0.3, -0.25) is 0 Å². The molecule has 106 valence electrons. The molecule has 1 aromatic rings. The van der Waals surface area contributed by atoms with Gasteiger partial charge in [0.1, 0.15) is 0 Å². The van der Waals surface area contributed by atoms with Gasteiger partial charge in [-0.2, -0.15) is 13.2 Å². The highest BCUT2D eigenvalue weighted by atomic mass is 19.4. The number of hydrogen-bond acceptors (Lipinski definition) is 2. The summed E-state index contributed by atoms with van der Waals surface area (Å²) < 4.78 is 38.0. The molecular weight excluding hydrogens is 255 g/mol. The van der Waals surface area contributed by atoms with Crippen molar-refractivity contribution in [1.29, 1.82) is 0 Å². The first-order valence-electron chi connectivity index (χ1n) is 6.50. The van der Waals surface area contributed by atoms with Crippen molar-refractivity contribution in [2.24, 2.45) is 0 Å². The first kappa shape index (κ1) is 14.2. The van der Waals surface area contributed by atoms with Gasteiger partial charge in [0.2, 0.25) is 0 Å². The average molecular weight is 273 g/mol. The number of rotatable bonds is 2. The first-order valence-corrected chi connectivity index (χ1v) is 6.50. The van der Waals surface area contributed by atoms with E-state index in [-0.39, 0.29) is 6.04 Å². The van der Waals surface area contributed by atoms with Crippen LogP contribution in [-0.2, 0) is 6.18 Å². The number of benzene rings is 1. The van der Waals surface area contributed by atoms with Gasteiger partial charge < -0.3 is 10.4 Å². The van der Waals surface area contributed by atoms with E-state index in [2.05, 4.69) is 5.32 Å². The molecule has 2 N–H and O–H groups in total. The molecular formula is C14H18F3NO. The maximum absolute atomic E-state index is 12.7. The lowest BCUT2D eigenvalue weighted by Crippen LogP contribution is -2.36. The zero-order valence-corrected chi connectivity index (χ0v) is 10.8. The summed E-state index contributed by atoms with van der Waals surface area (Å²) in [5, 5.41) is 12.9. The van der Waals surface area contributed by atoms with Crippen LogP contribution in [0.5, 0.6) is 0 Å². The van der Waals surface area contributed by atoms with Crippen LogP contribution in [-0.4, -0.2) is 17.3 Å². The Hall–Kier alpha value is -1.23. The SMILES string of the molecule is Cc1ccc(C(F)(F)F)cc1N[C@H]1CCCC[C@@H]1O. The molecule has 0 aromatic heterocycles. The smallest absolute Gasteiger partial charge is 0.391 e. The topological polar surface area (TPSA) is 32.3 Å². The van der Waals surface area contributed by atoms with Crippen molar-refractivity contribution in [3.8, 4) is 0 Å². The molecule has 2 rings (SSSR count). The number of aliphatic hydroxyl groups is 1. The maximum atomic E-state index is 12.7. The van der Waals surface area contributed by atoms with Gasteiger partial charge in [0.05, 0.1) is 17.7 Å². The monoisotopic (exact) mass is 273 g/mol. The zero-order valence-electron chi connectivity index (χ0n) is 10.8. The highest BCUT2D eigenvalue weighted by molar-refractivity contribution is 5.54. The number of nitrogens with one attached hydrogen (secondary N) is 1. The molecule has 0 aliphatic heterocycles. The molecule has 0 bridgehead atoms. The van der Waals surface area contributed by atoms with Crippen LogP contribution in [0.4, 0.5) is 18.9 Å². The summed E-state index contributed by atoms with van der Waals surface area (Å²) in [4.78, 5) is 0. The third kappa shape index (κ3) is 3.41. The van der Waals surface area contributed by atoms with Gasteiger partial charge in [-0.15, -0.1) is 0 Å². The molecule has 0 amide bonds. The van der Waals surface area contributed by atoms with Crippen LogP contribution in [0.3, 0.4) is 0 Å². The molecule has 19 heavy (non-hydrogen) atoms. The van der Waals surface area contributed by atoms with Crippen LogP contribution in [0.1, 0.15) is 36.8 Å². The molecule has 1 aromatic carbocycles. The molecule has 2 nitrogen and oxygen atoms in total. The van der Waals surface area contributed by atoms with Gasteiger partial charge in [0.15, 0.2) is 0 Å². The number of aliphatic hydroxyl groups excluding tert-OH is 1. The third-order valence-corrected chi connectivity index (χ3v) is 3.64. The van der Waals surface area contributed by atoms with E-state index in [1.807, 2.05) is 0 Å². The molecule has 0 radical (unpaired) electrons. The predicted octanol–water partition coefficient (Wildman–Crippen LogP) is 3.73. The highest BCUT2D eigenvalue weighted by Crippen LogP contribution is 2.33. The normalized spacial score (nSPS) is 24.3. The average Bonchev–Trinajstić information content (AvgIpc) is 2.33. The van der Waals surface area contributed by atoms with Crippen molar-refractivity contribution >= 4 is 5.69 Å². The third-order valence-electron chi connectivity index (χ3n) is 3.64. The summed E-state index contributed by atoms with van der Waals surface area (Å²) in [6.45, 7) is 1.76. The Morgan fingerprint density at radius 2 is 1.89 bits per heavy atom. The summed E-state index contributed by atoms with van der Waals surface area (Å²) in [7, 11) is 0. The van der Waals surface area contributed by atoms with E-state index in [0.717, 1.165) is 37.0 Å². The lowest BCUT2D eigenvalue weighted by atomic mass is 9.92. The minimum absolute atomic E-state index is 0.157. The number of aryl methyl sites for hydroxylation is 1. The molecule has 0 heterocycles. The molecule has 2 atom stereocenters. The minimum Gasteiger partial charge on any atom is -0.391 e. The summed E-state index contributed by atoms with van der Waals surface area (Å²) in [6, 6.07) is 3.51. The molecule has 1 aliphatic carbocycles. The second kappa shape index (κ2) is 5.41. The standard InChI is InChI=1S/C14H18F3NO/c1-9-6-7-10(14(15,16)17)8-12(9)18-11-4-2-3-5-13(11)19/h6-8,11,13,18-19H,2-5H2,1H3/t11-,13-/m0/s1. The van der Waals surface area contributed by atoms with E-state index in [4.69, 9.17) is 0 Å². The van der Waals surface area contributed by atoms with Crippen LogP contribution in [0.2, 0.25) is 0 Å². The van der Waals surface area contributed by atoms with Crippen LogP contribution in [0.15, 0.2) is 18.2 Å². The van der Waals surface area contributed by atoms with Crippen molar-refractivity contribution in [2.45, 2.75) is 50.9 Å². The zero-order chi connectivity index (χ0) is 14.0. The van der Waals surface area contributed by atoms with E-state index < -0.39 is 17.8 Å². The van der Waals surface area contributed by atoms with Crippen molar-refractivity contribution in [3.63, 3.8) is 0 Å². The van der Waals surface area contributed by atoms with Crippen molar-refractivity contribution in [2.75, 3.05) is 5.32 Å². The number of hydrogen-bond donors (Lipinski definition) is 2. The van der Waals surface area contributed by atoms with E-state index in [1.165, 1.54) is 6.07 Å². The second-order valence-electron chi connectivity index (χ2n) is 5.13. The van der Waals surface area contributed by atoms with Crippen LogP contribution in [0.25, 0.3) is 0 Å². The van der Waals surface area contributed by atoms with Gasteiger partial charge in [-0.05, 0) is 37.5 Å². The Morgan fingerprint density at radius 3 is 2.53 bits per heavy atom.